The van der Waals surface area contributed by atoms with Crippen LogP contribution in [0.4, 0.5) is 29.3 Å². The van der Waals surface area contributed by atoms with Crippen molar-refractivity contribution in [2.24, 2.45) is 0 Å². The quantitative estimate of drug-likeness (QED) is 0.701. The highest BCUT2D eigenvalue weighted by Gasteiger charge is 2.34. The van der Waals surface area contributed by atoms with E-state index in [0.717, 1.165) is 0 Å². The minimum Gasteiger partial charge on any atom is -0.466 e. The van der Waals surface area contributed by atoms with Crippen LogP contribution in [0.5, 0.6) is 0 Å². The molecule has 0 fully saturated rings. The van der Waals surface area contributed by atoms with Crippen LogP contribution >= 0.6 is 0 Å². The second kappa shape index (κ2) is 5.66. The van der Waals surface area contributed by atoms with Gasteiger partial charge in [-0.2, -0.15) is 18.2 Å². The summed E-state index contributed by atoms with van der Waals surface area (Å²) in [7, 11) is 0. The van der Waals surface area contributed by atoms with Crippen LogP contribution in [0, 0.1) is 5.82 Å². The molecule has 2 heterocycles. The van der Waals surface area contributed by atoms with E-state index in [0.29, 0.717) is 11.6 Å². The molecule has 3 rings (SSSR count). The molecule has 0 unspecified atom stereocenters. The Morgan fingerprint density at radius 2 is 2.04 bits per heavy atom. The van der Waals surface area contributed by atoms with Gasteiger partial charge in [0.25, 0.3) is 0 Å². The van der Waals surface area contributed by atoms with E-state index < -0.39 is 29.4 Å². The molecule has 9 heteroatoms. The number of nitrogens with two attached hydrogens (primary N) is 1. The van der Waals surface area contributed by atoms with Gasteiger partial charge in [0.2, 0.25) is 5.95 Å². The SMILES string of the molecule is C[C@@H](Nc1ncc(C(F)(F)F)c(N)n1)c1occ2cccc(F)c12. The summed E-state index contributed by atoms with van der Waals surface area (Å²) in [6, 6.07) is 3.94. The van der Waals surface area contributed by atoms with E-state index in [4.69, 9.17) is 10.2 Å². The van der Waals surface area contributed by atoms with Crippen molar-refractivity contribution in [3.05, 3.63) is 47.8 Å². The van der Waals surface area contributed by atoms with Crippen LogP contribution in [0.25, 0.3) is 10.8 Å². The van der Waals surface area contributed by atoms with Gasteiger partial charge >= 0.3 is 6.18 Å². The molecule has 0 aliphatic carbocycles. The minimum atomic E-state index is -4.63. The lowest BCUT2D eigenvalue weighted by Crippen LogP contribution is -2.15. The summed E-state index contributed by atoms with van der Waals surface area (Å²) in [6.07, 6.45) is -2.64. The molecular weight excluding hydrogens is 328 g/mol. The van der Waals surface area contributed by atoms with Gasteiger partial charge in [0.1, 0.15) is 23.0 Å². The number of hydrogen-bond donors (Lipinski definition) is 2. The standard InChI is InChI=1S/C15H12F4N4O/c1-7(12-11-8(6-24-12)3-2-4-10(11)16)22-14-21-5-9(13(20)23-14)15(17,18)19/h2-7H,1H3,(H3,20,21,22,23)/t7-/m1/s1. The van der Waals surface area contributed by atoms with Crippen LogP contribution in [-0.2, 0) is 6.18 Å². The van der Waals surface area contributed by atoms with Crippen molar-refractivity contribution in [1.29, 1.82) is 0 Å². The molecule has 0 amide bonds. The second-order valence-corrected chi connectivity index (χ2v) is 5.16. The average molecular weight is 340 g/mol. The number of nitrogen functional groups attached to an aromatic ring is 1. The van der Waals surface area contributed by atoms with Gasteiger partial charge in [0.15, 0.2) is 0 Å². The molecule has 0 bridgehead atoms. The van der Waals surface area contributed by atoms with Crippen LogP contribution in [-0.4, -0.2) is 9.97 Å². The average Bonchev–Trinajstić information content (AvgIpc) is 2.91. The molecule has 3 N–H and O–H groups in total. The number of rotatable bonds is 3. The Morgan fingerprint density at radius 1 is 1.29 bits per heavy atom. The third-order valence-electron chi connectivity index (χ3n) is 3.47. The summed E-state index contributed by atoms with van der Waals surface area (Å²) in [5, 5.41) is 3.62. The fourth-order valence-electron chi connectivity index (χ4n) is 2.35. The first-order valence-electron chi connectivity index (χ1n) is 6.89. The van der Waals surface area contributed by atoms with E-state index >= 15 is 0 Å². The highest BCUT2D eigenvalue weighted by Crippen LogP contribution is 2.33. The second-order valence-electron chi connectivity index (χ2n) is 5.16. The fourth-order valence-corrected chi connectivity index (χ4v) is 2.35. The van der Waals surface area contributed by atoms with Crippen molar-refractivity contribution in [2.75, 3.05) is 11.1 Å². The third kappa shape index (κ3) is 2.84. The summed E-state index contributed by atoms with van der Waals surface area (Å²) < 4.78 is 57.3. The van der Waals surface area contributed by atoms with E-state index in [2.05, 4.69) is 15.3 Å². The molecule has 24 heavy (non-hydrogen) atoms. The predicted molar refractivity (Wildman–Crippen MR) is 79.7 cm³/mol. The normalized spacial score (nSPS) is 13.2. The Bertz CT molecular complexity index is 891. The molecule has 0 spiro atoms. The smallest absolute Gasteiger partial charge is 0.421 e. The number of alkyl halides is 3. The van der Waals surface area contributed by atoms with Gasteiger partial charge < -0.3 is 15.5 Å². The van der Waals surface area contributed by atoms with Gasteiger partial charge in [-0.15, -0.1) is 0 Å². The number of furan rings is 1. The molecule has 2 aromatic heterocycles. The predicted octanol–water partition coefficient (Wildman–Crippen LogP) is 4.14. The Morgan fingerprint density at radius 3 is 2.71 bits per heavy atom. The van der Waals surface area contributed by atoms with E-state index in [1.165, 1.54) is 12.3 Å². The number of hydrogen-bond acceptors (Lipinski definition) is 5. The molecule has 0 aliphatic heterocycles. The van der Waals surface area contributed by atoms with Crippen LogP contribution in [0.1, 0.15) is 24.3 Å². The van der Waals surface area contributed by atoms with Crippen molar-refractivity contribution in [2.45, 2.75) is 19.1 Å². The lowest BCUT2D eigenvalue weighted by atomic mass is 10.1. The fraction of sp³-hybridized carbons (Fsp3) is 0.200. The van der Waals surface area contributed by atoms with Gasteiger partial charge in [-0.3, -0.25) is 0 Å². The maximum absolute atomic E-state index is 14.0. The van der Waals surface area contributed by atoms with Crippen molar-refractivity contribution < 1.29 is 22.0 Å². The molecule has 126 valence electrons. The maximum atomic E-state index is 14.0. The molecular formula is C15H12F4N4O. The number of aromatic nitrogens is 2. The van der Waals surface area contributed by atoms with Crippen LogP contribution < -0.4 is 11.1 Å². The van der Waals surface area contributed by atoms with Crippen molar-refractivity contribution >= 4 is 22.5 Å². The largest absolute Gasteiger partial charge is 0.466 e. The van der Waals surface area contributed by atoms with E-state index in [1.807, 2.05) is 0 Å². The molecule has 0 aliphatic rings. The van der Waals surface area contributed by atoms with E-state index in [-0.39, 0.29) is 17.1 Å². The first kappa shape index (κ1) is 16.0. The molecule has 3 aromatic rings. The van der Waals surface area contributed by atoms with Crippen LogP contribution in [0.2, 0.25) is 0 Å². The number of fused-ring (bicyclic) bond motifs is 1. The Balaban J connectivity index is 1.89. The number of anilines is 2. The summed E-state index contributed by atoms with van der Waals surface area (Å²) in [4.78, 5) is 7.19. The highest BCUT2D eigenvalue weighted by molar-refractivity contribution is 5.85. The zero-order valence-electron chi connectivity index (χ0n) is 12.4. The van der Waals surface area contributed by atoms with Gasteiger partial charge in [-0.05, 0) is 13.0 Å². The molecule has 1 aromatic carbocycles. The van der Waals surface area contributed by atoms with Crippen molar-refractivity contribution in [3.63, 3.8) is 0 Å². The summed E-state index contributed by atoms with van der Waals surface area (Å²) in [5.74, 6) is -0.987. The summed E-state index contributed by atoms with van der Waals surface area (Å²) in [5.41, 5.74) is 4.21. The number of halogens is 4. The Hall–Kier alpha value is -2.84. The summed E-state index contributed by atoms with van der Waals surface area (Å²) in [6.45, 7) is 1.64. The Kier molecular flexibility index (Phi) is 3.78. The zero-order valence-corrected chi connectivity index (χ0v) is 12.4. The van der Waals surface area contributed by atoms with Crippen molar-refractivity contribution in [1.82, 2.24) is 9.97 Å². The van der Waals surface area contributed by atoms with E-state index in [9.17, 15) is 17.6 Å². The monoisotopic (exact) mass is 340 g/mol. The summed E-state index contributed by atoms with van der Waals surface area (Å²) >= 11 is 0. The maximum Gasteiger partial charge on any atom is 0.421 e. The highest BCUT2D eigenvalue weighted by atomic mass is 19.4. The molecule has 0 saturated heterocycles. The first-order chi connectivity index (χ1) is 11.3. The lowest BCUT2D eigenvalue weighted by molar-refractivity contribution is -0.137. The zero-order chi connectivity index (χ0) is 17.5. The van der Waals surface area contributed by atoms with Gasteiger partial charge in [-0.1, -0.05) is 12.1 Å². The minimum absolute atomic E-state index is 0.117. The van der Waals surface area contributed by atoms with Crippen LogP contribution in [0.3, 0.4) is 0 Å². The molecule has 1 atom stereocenters. The number of nitrogens with zero attached hydrogens (tertiary/aromatic N) is 2. The van der Waals surface area contributed by atoms with Crippen molar-refractivity contribution in [3.8, 4) is 0 Å². The number of nitrogens with one attached hydrogen (secondary N) is 1. The molecule has 5 nitrogen and oxygen atoms in total. The Labute approximate surface area is 133 Å². The van der Waals surface area contributed by atoms with E-state index in [1.54, 1.807) is 19.1 Å². The van der Waals surface area contributed by atoms with Crippen LogP contribution in [0.15, 0.2) is 35.1 Å². The first-order valence-corrected chi connectivity index (χ1v) is 6.89. The van der Waals surface area contributed by atoms with Gasteiger partial charge in [-0.25, -0.2) is 9.37 Å². The molecule has 0 saturated carbocycles. The van der Waals surface area contributed by atoms with Gasteiger partial charge in [0.05, 0.1) is 17.7 Å². The number of benzene rings is 1. The third-order valence-corrected chi connectivity index (χ3v) is 3.47. The lowest BCUT2D eigenvalue weighted by Gasteiger charge is -2.14. The van der Waals surface area contributed by atoms with Gasteiger partial charge in [0, 0.05) is 11.6 Å². The topological polar surface area (TPSA) is 77.0 Å². The molecule has 0 radical (unpaired) electrons.